The van der Waals surface area contributed by atoms with Gasteiger partial charge in [0.05, 0.1) is 5.56 Å². The van der Waals surface area contributed by atoms with Crippen LogP contribution in [0.4, 0.5) is 4.39 Å². The minimum absolute atomic E-state index is 0.0302. The summed E-state index contributed by atoms with van der Waals surface area (Å²) in [5.41, 5.74) is 2.54. The van der Waals surface area contributed by atoms with Gasteiger partial charge in [0.2, 0.25) is 0 Å². The summed E-state index contributed by atoms with van der Waals surface area (Å²) in [6, 6.07) is 10.9. The summed E-state index contributed by atoms with van der Waals surface area (Å²) in [6.07, 6.45) is 0. The minimum atomic E-state index is -0.584. The van der Waals surface area contributed by atoms with Crippen molar-refractivity contribution in [2.24, 2.45) is 0 Å². The van der Waals surface area contributed by atoms with E-state index in [4.69, 9.17) is 4.42 Å². The Morgan fingerprint density at radius 3 is 2.67 bits per heavy atom. The maximum Gasteiger partial charge on any atom is 0.336 e. The van der Waals surface area contributed by atoms with Crippen LogP contribution in [0.2, 0.25) is 0 Å². The molecule has 0 atom stereocenters. The molecule has 0 radical (unpaired) electrons. The number of benzene rings is 2. The number of halogens is 1. The zero-order chi connectivity index (χ0) is 17.3. The average Bonchev–Trinajstić information content (AvgIpc) is 2.51. The van der Waals surface area contributed by atoms with Crippen molar-refractivity contribution in [1.29, 1.82) is 0 Å². The van der Waals surface area contributed by atoms with Crippen molar-refractivity contribution in [3.63, 3.8) is 0 Å². The van der Waals surface area contributed by atoms with Gasteiger partial charge in [-0.1, -0.05) is 18.2 Å². The summed E-state index contributed by atoms with van der Waals surface area (Å²) in [6.45, 7) is 3.94. The summed E-state index contributed by atoms with van der Waals surface area (Å²) in [7, 11) is 0. The molecule has 0 aliphatic heterocycles. The smallest absolute Gasteiger partial charge is 0.336 e. The Morgan fingerprint density at radius 1 is 1.17 bits per heavy atom. The van der Waals surface area contributed by atoms with Crippen molar-refractivity contribution >= 4 is 16.9 Å². The van der Waals surface area contributed by atoms with Crippen LogP contribution < -0.4 is 10.9 Å². The lowest BCUT2D eigenvalue weighted by Crippen LogP contribution is -2.24. The van der Waals surface area contributed by atoms with E-state index < -0.39 is 17.3 Å². The molecule has 0 bridgehead atoms. The second-order valence-electron chi connectivity index (χ2n) is 5.71. The molecular weight excluding hydrogens is 309 g/mol. The summed E-state index contributed by atoms with van der Waals surface area (Å²) in [5.74, 6) is -1.11. The van der Waals surface area contributed by atoms with Gasteiger partial charge in [-0.05, 0) is 48.7 Å². The molecule has 5 heteroatoms. The quantitative estimate of drug-likeness (QED) is 0.750. The van der Waals surface area contributed by atoms with E-state index in [0.29, 0.717) is 11.1 Å². The van der Waals surface area contributed by atoms with Gasteiger partial charge in [-0.15, -0.1) is 0 Å². The molecule has 0 unspecified atom stereocenters. The molecule has 2 aromatic carbocycles. The predicted molar refractivity (Wildman–Crippen MR) is 89.5 cm³/mol. The lowest BCUT2D eigenvalue weighted by molar-refractivity contribution is 0.0947. The van der Waals surface area contributed by atoms with E-state index in [1.807, 2.05) is 19.9 Å². The highest BCUT2D eigenvalue weighted by Gasteiger charge is 2.13. The predicted octanol–water partition coefficient (Wildman–Crippen LogP) is 3.48. The van der Waals surface area contributed by atoms with Crippen LogP contribution in [0, 0.1) is 19.7 Å². The molecule has 24 heavy (non-hydrogen) atoms. The van der Waals surface area contributed by atoms with Crippen LogP contribution >= 0.6 is 0 Å². The zero-order valence-corrected chi connectivity index (χ0v) is 13.4. The Kier molecular flexibility index (Phi) is 4.16. The molecule has 1 amide bonds. The van der Waals surface area contributed by atoms with Crippen LogP contribution in [-0.4, -0.2) is 5.91 Å². The van der Waals surface area contributed by atoms with Gasteiger partial charge in [-0.2, -0.15) is 0 Å². The normalized spacial score (nSPS) is 10.8. The number of hydrogen-bond donors (Lipinski definition) is 1. The average molecular weight is 325 g/mol. The first-order chi connectivity index (χ1) is 11.5. The number of carbonyl (C=O) groups is 1. The molecule has 0 aliphatic carbocycles. The van der Waals surface area contributed by atoms with E-state index in [2.05, 4.69) is 5.32 Å². The third-order valence-corrected chi connectivity index (χ3v) is 3.83. The second-order valence-corrected chi connectivity index (χ2v) is 5.71. The molecule has 3 rings (SSSR count). The maximum absolute atomic E-state index is 13.7. The minimum Gasteiger partial charge on any atom is -0.423 e. The van der Waals surface area contributed by atoms with E-state index in [1.54, 1.807) is 12.1 Å². The van der Waals surface area contributed by atoms with E-state index in [1.165, 1.54) is 24.3 Å². The summed E-state index contributed by atoms with van der Waals surface area (Å²) in [5, 5.41) is 3.44. The van der Waals surface area contributed by atoms with Crippen LogP contribution in [-0.2, 0) is 6.54 Å². The van der Waals surface area contributed by atoms with E-state index in [0.717, 1.165) is 16.5 Å². The molecule has 3 aromatic rings. The fourth-order valence-corrected chi connectivity index (χ4v) is 2.83. The van der Waals surface area contributed by atoms with Crippen LogP contribution in [0.15, 0.2) is 51.7 Å². The van der Waals surface area contributed by atoms with E-state index >= 15 is 0 Å². The van der Waals surface area contributed by atoms with E-state index in [-0.39, 0.29) is 12.1 Å². The third kappa shape index (κ3) is 3.06. The number of nitrogens with one attached hydrogen (secondary N) is 1. The fraction of sp³-hybridized carbons (Fsp3) is 0.158. The second kappa shape index (κ2) is 6.28. The van der Waals surface area contributed by atoms with Crippen molar-refractivity contribution in [2.75, 3.05) is 0 Å². The SMILES string of the molecule is Cc1cc(C)c2c(CNC(=O)c3ccccc3F)cc(=O)oc2c1. The Balaban J connectivity index is 1.95. The van der Waals surface area contributed by atoms with Gasteiger partial charge in [-0.3, -0.25) is 4.79 Å². The van der Waals surface area contributed by atoms with Gasteiger partial charge in [0, 0.05) is 18.0 Å². The van der Waals surface area contributed by atoms with Crippen LogP contribution in [0.1, 0.15) is 27.0 Å². The standard InChI is InChI=1S/C19H16FNO3/c1-11-7-12(2)18-13(9-17(22)24-16(18)8-11)10-21-19(23)14-5-3-4-6-15(14)20/h3-9H,10H2,1-2H3,(H,21,23). The lowest BCUT2D eigenvalue weighted by Gasteiger charge is -2.10. The Hall–Kier alpha value is -2.95. The Morgan fingerprint density at radius 2 is 1.92 bits per heavy atom. The van der Waals surface area contributed by atoms with Crippen molar-refractivity contribution in [3.8, 4) is 0 Å². The maximum atomic E-state index is 13.7. The van der Waals surface area contributed by atoms with Crippen molar-refractivity contribution < 1.29 is 13.6 Å². The highest BCUT2D eigenvalue weighted by atomic mass is 19.1. The molecule has 0 fully saturated rings. The topological polar surface area (TPSA) is 59.3 Å². The van der Waals surface area contributed by atoms with Gasteiger partial charge < -0.3 is 9.73 Å². The first-order valence-corrected chi connectivity index (χ1v) is 7.52. The van der Waals surface area contributed by atoms with Crippen molar-refractivity contribution in [1.82, 2.24) is 5.32 Å². The van der Waals surface area contributed by atoms with Crippen LogP contribution in [0.25, 0.3) is 11.0 Å². The third-order valence-electron chi connectivity index (χ3n) is 3.83. The van der Waals surface area contributed by atoms with Crippen molar-refractivity contribution in [2.45, 2.75) is 20.4 Å². The Labute approximate surface area is 137 Å². The fourth-order valence-electron chi connectivity index (χ4n) is 2.83. The molecular formula is C19H16FNO3. The van der Waals surface area contributed by atoms with Gasteiger partial charge in [0.1, 0.15) is 11.4 Å². The molecule has 0 saturated carbocycles. The molecule has 0 spiro atoms. The Bertz CT molecular complexity index is 992. The number of amides is 1. The molecule has 1 heterocycles. The molecule has 0 saturated heterocycles. The summed E-state index contributed by atoms with van der Waals surface area (Å²) < 4.78 is 18.9. The number of fused-ring (bicyclic) bond motifs is 1. The van der Waals surface area contributed by atoms with E-state index in [9.17, 15) is 14.0 Å². The van der Waals surface area contributed by atoms with Crippen LogP contribution in [0.3, 0.4) is 0 Å². The summed E-state index contributed by atoms with van der Waals surface area (Å²) >= 11 is 0. The highest BCUT2D eigenvalue weighted by molar-refractivity contribution is 5.94. The lowest BCUT2D eigenvalue weighted by atomic mass is 10.0. The van der Waals surface area contributed by atoms with Gasteiger partial charge in [0.15, 0.2) is 0 Å². The number of carbonyl (C=O) groups excluding carboxylic acids is 1. The van der Waals surface area contributed by atoms with Gasteiger partial charge in [-0.25, -0.2) is 9.18 Å². The first-order valence-electron chi connectivity index (χ1n) is 7.52. The van der Waals surface area contributed by atoms with Gasteiger partial charge in [0.25, 0.3) is 5.91 Å². The summed E-state index contributed by atoms with van der Waals surface area (Å²) in [4.78, 5) is 23.9. The largest absolute Gasteiger partial charge is 0.423 e. The molecule has 1 N–H and O–H groups in total. The monoisotopic (exact) mass is 325 g/mol. The number of rotatable bonds is 3. The van der Waals surface area contributed by atoms with Crippen LogP contribution in [0.5, 0.6) is 0 Å². The highest BCUT2D eigenvalue weighted by Crippen LogP contribution is 2.23. The van der Waals surface area contributed by atoms with Gasteiger partial charge >= 0.3 is 5.63 Å². The molecule has 1 aromatic heterocycles. The molecule has 0 aliphatic rings. The number of hydrogen-bond acceptors (Lipinski definition) is 3. The molecule has 122 valence electrons. The molecule has 4 nitrogen and oxygen atoms in total. The zero-order valence-electron chi connectivity index (χ0n) is 13.4. The number of aryl methyl sites for hydroxylation is 2. The van der Waals surface area contributed by atoms with Crippen molar-refractivity contribution in [3.05, 3.63) is 81.0 Å². The first kappa shape index (κ1) is 15.9.